The highest BCUT2D eigenvalue weighted by atomic mass is 35.5. The molecule has 0 aliphatic rings. The van der Waals surface area contributed by atoms with Gasteiger partial charge < -0.3 is 5.73 Å². The van der Waals surface area contributed by atoms with Gasteiger partial charge in [0.05, 0.1) is 26.8 Å². The molecule has 0 unspecified atom stereocenters. The van der Waals surface area contributed by atoms with Crippen molar-refractivity contribution < 1.29 is 4.39 Å². The molecule has 0 atom stereocenters. The summed E-state index contributed by atoms with van der Waals surface area (Å²) in [5.74, 6) is -0.280. The number of nitrogens with zero attached hydrogens (tertiary/aromatic N) is 2. The molecule has 0 amide bonds. The van der Waals surface area contributed by atoms with Gasteiger partial charge in [0, 0.05) is 0 Å². The lowest BCUT2D eigenvalue weighted by atomic mass is 10.2. The van der Waals surface area contributed by atoms with E-state index in [-0.39, 0.29) is 11.0 Å². The maximum atomic E-state index is 13.6. The van der Waals surface area contributed by atoms with Gasteiger partial charge in [-0.25, -0.2) is 9.37 Å². The van der Waals surface area contributed by atoms with Crippen LogP contribution in [-0.4, -0.2) is 9.55 Å². The topological polar surface area (TPSA) is 43.8 Å². The molecule has 3 nitrogen and oxygen atoms in total. The smallest absolute Gasteiger partial charge is 0.205 e. The van der Waals surface area contributed by atoms with E-state index >= 15 is 0 Å². The molecule has 0 saturated heterocycles. The van der Waals surface area contributed by atoms with Crippen LogP contribution in [0.25, 0.3) is 16.7 Å². The van der Waals surface area contributed by atoms with Crippen molar-refractivity contribution in [2.75, 3.05) is 5.73 Å². The van der Waals surface area contributed by atoms with Gasteiger partial charge in [-0.2, -0.15) is 0 Å². The van der Waals surface area contributed by atoms with E-state index in [0.29, 0.717) is 21.7 Å². The number of nitrogens with two attached hydrogens (primary N) is 1. The zero-order valence-electron chi connectivity index (χ0n) is 9.57. The molecule has 0 aliphatic heterocycles. The van der Waals surface area contributed by atoms with E-state index in [9.17, 15) is 4.39 Å². The molecule has 0 fully saturated rings. The quantitative estimate of drug-likeness (QED) is 0.736. The van der Waals surface area contributed by atoms with E-state index in [1.807, 2.05) is 0 Å². The zero-order chi connectivity index (χ0) is 13.6. The summed E-state index contributed by atoms with van der Waals surface area (Å²) in [4.78, 5) is 4.20. The van der Waals surface area contributed by atoms with Gasteiger partial charge in [0.15, 0.2) is 0 Å². The molecule has 3 rings (SSSR count). The molecule has 1 heterocycles. The number of imidazole rings is 1. The van der Waals surface area contributed by atoms with Crippen LogP contribution in [0.5, 0.6) is 0 Å². The molecular weight excluding hydrogens is 288 g/mol. The maximum Gasteiger partial charge on any atom is 0.205 e. The van der Waals surface area contributed by atoms with Crippen molar-refractivity contribution in [2.24, 2.45) is 0 Å². The van der Waals surface area contributed by atoms with Crippen LogP contribution in [0.3, 0.4) is 0 Å². The summed E-state index contributed by atoms with van der Waals surface area (Å²) in [6.45, 7) is 0. The Balaban J connectivity index is 2.35. The Hall–Kier alpha value is -1.78. The summed E-state index contributed by atoms with van der Waals surface area (Å²) in [5.41, 5.74) is 7.70. The van der Waals surface area contributed by atoms with Crippen LogP contribution in [0, 0.1) is 5.82 Å². The second-order valence-corrected chi connectivity index (χ2v) is 4.83. The maximum absolute atomic E-state index is 13.6. The first-order valence-corrected chi connectivity index (χ1v) is 6.21. The van der Waals surface area contributed by atoms with Crippen molar-refractivity contribution in [1.82, 2.24) is 9.55 Å². The number of hydrogen-bond donors (Lipinski definition) is 1. The van der Waals surface area contributed by atoms with E-state index < -0.39 is 5.82 Å². The summed E-state index contributed by atoms with van der Waals surface area (Å²) in [5, 5.41) is 0.551. The highest BCUT2D eigenvalue weighted by molar-refractivity contribution is 6.35. The Morgan fingerprint density at radius 3 is 2.63 bits per heavy atom. The van der Waals surface area contributed by atoms with Crippen LogP contribution >= 0.6 is 23.2 Å². The van der Waals surface area contributed by atoms with Gasteiger partial charge in [-0.15, -0.1) is 0 Å². The van der Waals surface area contributed by atoms with Crippen molar-refractivity contribution in [2.45, 2.75) is 0 Å². The normalized spacial score (nSPS) is 11.1. The van der Waals surface area contributed by atoms with E-state index in [2.05, 4.69) is 4.98 Å². The average Bonchev–Trinajstić information content (AvgIpc) is 2.70. The lowest BCUT2D eigenvalue weighted by Gasteiger charge is -2.08. The van der Waals surface area contributed by atoms with Gasteiger partial charge in [-0.05, 0) is 30.3 Å². The molecule has 1 aromatic heterocycles. The third-order valence-corrected chi connectivity index (χ3v) is 3.43. The van der Waals surface area contributed by atoms with Crippen LogP contribution in [0.15, 0.2) is 36.4 Å². The van der Waals surface area contributed by atoms with E-state index in [1.54, 1.807) is 28.8 Å². The lowest BCUT2D eigenvalue weighted by molar-refractivity contribution is 0.627. The van der Waals surface area contributed by atoms with Gasteiger partial charge in [-0.1, -0.05) is 29.3 Å². The summed E-state index contributed by atoms with van der Waals surface area (Å²) in [6, 6.07) is 9.72. The Morgan fingerprint density at radius 2 is 1.89 bits per heavy atom. The van der Waals surface area contributed by atoms with Gasteiger partial charge in [0.25, 0.3) is 0 Å². The van der Waals surface area contributed by atoms with Crippen molar-refractivity contribution in [3.63, 3.8) is 0 Å². The fourth-order valence-corrected chi connectivity index (χ4v) is 2.36. The number of para-hydroxylation sites is 1. The van der Waals surface area contributed by atoms with Gasteiger partial charge in [-0.3, -0.25) is 4.57 Å². The van der Waals surface area contributed by atoms with Crippen molar-refractivity contribution in [3.05, 3.63) is 52.3 Å². The zero-order valence-corrected chi connectivity index (χ0v) is 11.1. The van der Waals surface area contributed by atoms with E-state index in [4.69, 9.17) is 28.9 Å². The Labute approximate surface area is 118 Å². The number of anilines is 1. The van der Waals surface area contributed by atoms with Crippen LogP contribution in [0.1, 0.15) is 0 Å². The predicted molar refractivity (Wildman–Crippen MR) is 75.5 cm³/mol. The monoisotopic (exact) mass is 295 g/mol. The molecule has 2 N–H and O–H groups in total. The fraction of sp³-hybridized carbons (Fsp3) is 0. The summed E-state index contributed by atoms with van der Waals surface area (Å²) >= 11 is 11.8. The number of benzene rings is 2. The number of rotatable bonds is 1. The van der Waals surface area contributed by atoms with Gasteiger partial charge >= 0.3 is 0 Å². The molecule has 0 aliphatic carbocycles. The Bertz CT molecular complexity index is 783. The summed E-state index contributed by atoms with van der Waals surface area (Å²) in [6.07, 6.45) is 0. The molecule has 0 spiro atoms. The largest absolute Gasteiger partial charge is 0.369 e. The summed E-state index contributed by atoms with van der Waals surface area (Å²) in [7, 11) is 0. The first kappa shape index (κ1) is 12.3. The third kappa shape index (κ3) is 1.93. The molecule has 2 aromatic carbocycles. The van der Waals surface area contributed by atoms with Crippen molar-refractivity contribution >= 4 is 40.2 Å². The van der Waals surface area contributed by atoms with Crippen LogP contribution < -0.4 is 5.73 Å². The fourth-order valence-electron chi connectivity index (χ4n) is 1.99. The Morgan fingerprint density at radius 1 is 1.11 bits per heavy atom. The molecule has 19 heavy (non-hydrogen) atoms. The first-order valence-electron chi connectivity index (χ1n) is 5.46. The second-order valence-electron chi connectivity index (χ2n) is 4.01. The lowest BCUT2D eigenvalue weighted by Crippen LogP contribution is -2.01. The second kappa shape index (κ2) is 4.40. The van der Waals surface area contributed by atoms with E-state index in [1.165, 1.54) is 12.1 Å². The molecule has 3 aromatic rings. The summed E-state index contributed by atoms with van der Waals surface area (Å²) < 4.78 is 15.2. The van der Waals surface area contributed by atoms with Crippen LogP contribution in [0.2, 0.25) is 10.0 Å². The molecule has 0 saturated carbocycles. The molecule has 96 valence electrons. The number of aromatic nitrogens is 2. The number of hydrogen-bond acceptors (Lipinski definition) is 2. The number of halogens is 3. The number of nitrogen functional groups attached to an aromatic ring is 1. The minimum Gasteiger partial charge on any atom is -0.369 e. The average molecular weight is 296 g/mol. The van der Waals surface area contributed by atoms with Crippen LogP contribution in [0.4, 0.5) is 10.3 Å². The number of fused-ring (bicyclic) bond motifs is 1. The highest BCUT2D eigenvalue weighted by Gasteiger charge is 2.13. The molecular formula is C13H8Cl2FN3. The predicted octanol–water partition coefficient (Wildman–Crippen LogP) is 4.05. The van der Waals surface area contributed by atoms with Gasteiger partial charge in [0.1, 0.15) is 5.82 Å². The standard InChI is InChI=1S/C13H8Cl2FN3/c14-8-5-4-7(6-10(8)16)19-12-9(15)2-1-3-11(12)18-13(19)17/h1-6H,(H2,17,18). The van der Waals surface area contributed by atoms with Crippen LogP contribution in [-0.2, 0) is 0 Å². The minimum absolute atomic E-state index is 0.0536. The van der Waals surface area contributed by atoms with E-state index in [0.717, 1.165) is 0 Å². The Kier molecular flexibility index (Phi) is 2.84. The van der Waals surface area contributed by atoms with Crippen molar-refractivity contribution in [1.29, 1.82) is 0 Å². The first-order chi connectivity index (χ1) is 9.08. The third-order valence-electron chi connectivity index (χ3n) is 2.81. The van der Waals surface area contributed by atoms with Gasteiger partial charge in [0.2, 0.25) is 5.95 Å². The molecule has 0 radical (unpaired) electrons. The SMILES string of the molecule is Nc1nc2cccc(Cl)c2n1-c1ccc(Cl)c(F)c1. The molecule has 6 heteroatoms. The molecule has 0 bridgehead atoms. The minimum atomic E-state index is -0.521. The van der Waals surface area contributed by atoms with Crippen molar-refractivity contribution in [3.8, 4) is 5.69 Å². The highest BCUT2D eigenvalue weighted by Crippen LogP contribution is 2.30.